The lowest BCUT2D eigenvalue weighted by Crippen LogP contribution is -2.52. The van der Waals surface area contributed by atoms with Crippen LogP contribution in [-0.2, 0) is 16.8 Å². The fourth-order valence-corrected chi connectivity index (χ4v) is 3.18. The molecular formula is C19H23ClFNO3. The first-order chi connectivity index (χ1) is 11.6. The van der Waals surface area contributed by atoms with Crippen LogP contribution in [0.4, 0.5) is 4.39 Å². The van der Waals surface area contributed by atoms with E-state index in [1.807, 2.05) is 30.3 Å². The molecule has 2 aromatic rings. The van der Waals surface area contributed by atoms with Crippen LogP contribution in [0, 0.1) is 5.82 Å². The van der Waals surface area contributed by atoms with E-state index in [0.717, 1.165) is 12.1 Å². The van der Waals surface area contributed by atoms with Crippen LogP contribution in [0.25, 0.3) is 0 Å². The molecule has 0 aliphatic carbocycles. The van der Waals surface area contributed by atoms with E-state index in [4.69, 9.17) is 9.47 Å². The molecule has 0 amide bonds. The number of hydrogen-bond donors (Lipinski definition) is 2. The molecule has 0 radical (unpaired) electrons. The van der Waals surface area contributed by atoms with Crippen molar-refractivity contribution in [2.45, 2.75) is 18.1 Å². The number of benzene rings is 2. The predicted octanol–water partition coefficient (Wildman–Crippen LogP) is 2.67. The maximum Gasteiger partial charge on any atom is 0.123 e. The molecular weight excluding hydrogens is 345 g/mol. The number of morpholine rings is 1. The highest BCUT2D eigenvalue weighted by molar-refractivity contribution is 5.85. The van der Waals surface area contributed by atoms with Crippen molar-refractivity contribution in [2.75, 3.05) is 26.8 Å². The molecule has 4 nitrogen and oxygen atoms in total. The smallest absolute Gasteiger partial charge is 0.123 e. The molecule has 0 bridgehead atoms. The van der Waals surface area contributed by atoms with E-state index in [1.165, 1.54) is 19.2 Å². The second kappa shape index (κ2) is 8.63. The summed E-state index contributed by atoms with van der Waals surface area (Å²) >= 11 is 0. The molecule has 2 atom stereocenters. The van der Waals surface area contributed by atoms with Crippen molar-refractivity contribution in [1.29, 1.82) is 0 Å². The third kappa shape index (κ3) is 4.30. The van der Waals surface area contributed by atoms with Crippen LogP contribution in [0.5, 0.6) is 5.75 Å². The van der Waals surface area contributed by atoms with Gasteiger partial charge in [-0.05, 0) is 23.8 Å². The van der Waals surface area contributed by atoms with Gasteiger partial charge in [-0.2, -0.15) is 0 Å². The monoisotopic (exact) mass is 367 g/mol. The van der Waals surface area contributed by atoms with Crippen molar-refractivity contribution < 1.29 is 19.0 Å². The molecule has 1 saturated heterocycles. The second-order valence-corrected chi connectivity index (χ2v) is 5.99. The highest BCUT2D eigenvalue weighted by Gasteiger charge is 2.41. The Kier molecular flexibility index (Phi) is 6.79. The van der Waals surface area contributed by atoms with Gasteiger partial charge in [0.15, 0.2) is 0 Å². The van der Waals surface area contributed by atoms with E-state index < -0.39 is 11.7 Å². The van der Waals surface area contributed by atoms with Gasteiger partial charge in [0, 0.05) is 25.1 Å². The third-order valence-corrected chi connectivity index (χ3v) is 4.44. The topological polar surface area (TPSA) is 50.7 Å². The minimum absolute atomic E-state index is 0. The van der Waals surface area contributed by atoms with E-state index in [0.29, 0.717) is 24.5 Å². The van der Waals surface area contributed by atoms with Crippen LogP contribution < -0.4 is 10.1 Å². The second-order valence-electron chi connectivity index (χ2n) is 5.99. The average Bonchev–Trinajstić information content (AvgIpc) is 2.63. The zero-order valence-electron chi connectivity index (χ0n) is 14.1. The molecule has 1 fully saturated rings. The fourth-order valence-electron chi connectivity index (χ4n) is 3.18. The predicted molar refractivity (Wildman–Crippen MR) is 96.9 cm³/mol. The first-order valence-corrected chi connectivity index (χ1v) is 8.06. The Hall–Kier alpha value is -1.66. The minimum Gasteiger partial charge on any atom is -0.496 e. The molecule has 6 heteroatoms. The summed E-state index contributed by atoms with van der Waals surface area (Å²) in [6.07, 6.45) is -0.230. The summed E-state index contributed by atoms with van der Waals surface area (Å²) in [4.78, 5) is 0. The SMILES string of the molecule is COc1ccc(F)cc1C[C@@](O)(c1ccccc1)[C@H]1CNCCO1.Cl. The maximum atomic E-state index is 13.7. The Morgan fingerprint density at radius 1 is 1.28 bits per heavy atom. The number of rotatable bonds is 5. The molecule has 0 unspecified atom stereocenters. The first-order valence-electron chi connectivity index (χ1n) is 8.06. The Bertz CT molecular complexity index is 680. The summed E-state index contributed by atoms with van der Waals surface area (Å²) in [5.74, 6) is 0.193. The number of ether oxygens (including phenoxy) is 2. The van der Waals surface area contributed by atoms with Crippen LogP contribution >= 0.6 is 12.4 Å². The molecule has 2 N–H and O–H groups in total. The molecule has 136 valence electrons. The molecule has 0 saturated carbocycles. The van der Waals surface area contributed by atoms with Gasteiger partial charge in [0.1, 0.15) is 23.3 Å². The lowest BCUT2D eigenvalue weighted by molar-refractivity contribution is -0.124. The van der Waals surface area contributed by atoms with Crippen molar-refractivity contribution >= 4 is 12.4 Å². The van der Waals surface area contributed by atoms with Crippen LogP contribution in [-0.4, -0.2) is 38.0 Å². The van der Waals surface area contributed by atoms with Gasteiger partial charge in [0.05, 0.1) is 13.7 Å². The highest BCUT2D eigenvalue weighted by atomic mass is 35.5. The average molecular weight is 368 g/mol. The van der Waals surface area contributed by atoms with Crippen molar-refractivity contribution in [2.24, 2.45) is 0 Å². The van der Waals surface area contributed by atoms with E-state index >= 15 is 0 Å². The van der Waals surface area contributed by atoms with Gasteiger partial charge in [-0.25, -0.2) is 4.39 Å². The lowest BCUT2D eigenvalue weighted by atomic mass is 9.81. The van der Waals surface area contributed by atoms with Crippen LogP contribution in [0.15, 0.2) is 48.5 Å². The summed E-state index contributed by atoms with van der Waals surface area (Å²) in [5, 5.41) is 14.8. The van der Waals surface area contributed by atoms with Gasteiger partial charge in [-0.3, -0.25) is 0 Å². The number of aliphatic hydroxyl groups is 1. The van der Waals surface area contributed by atoms with Gasteiger partial charge in [0.2, 0.25) is 0 Å². The van der Waals surface area contributed by atoms with Crippen LogP contribution in [0.3, 0.4) is 0 Å². The maximum absolute atomic E-state index is 13.7. The van der Waals surface area contributed by atoms with Crippen molar-refractivity contribution in [1.82, 2.24) is 5.32 Å². The number of halogens is 2. The normalized spacial score (nSPS) is 19.6. The summed E-state index contributed by atoms with van der Waals surface area (Å²) < 4.78 is 24.9. The third-order valence-electron chi connectivity index (χ3n) is 4.44. The molecule has 0 aromatic heterocycles. The molecule has 1 aliphatic heterocycles. The van der Waals surface area contributed by atoms with E-state index in [-0.39, 0.29) is 24.6 Å². The molecule has 1 heterocycles. The van der Waals surface area contributed by atoms with Gasteiger partial charge >= 0.3 is 0 Å². The zero-order chi connectivity index (χ0) is 17.0. The Labute approximate surface area is 153 Å². The van der Waals surface area contributed by atoms with Crippen LogP contribution in [0.1, 0.15) is 11.1 Å². The van der Waals surface area contributed by atoms with Gasteiger partial charge < -0.3 is 19.9 Å². The molecule has 0 spiro atoms. The quantitative estimate of drug-likeness (QED) is 0.853. The zero-order valence-corrected chi connectivity index (χ0v) is 14.9. The van der Waals surface area contributed by atoms with Crippen LogP contribution in [0.2, 0.25) is 0 Å². The molecule has 3 rings (SSSR count). The Balaban J connectivity index is 0.00000225. The summed E-state index contributed by atoms with van der Waals surface area (Å²) in [6, 6.07) is 13.7. The van der Waals surface area contributed by atoms with E-state index in [2.05, 4.69) is 5.32 Å². The molecule has 2 aromatic carbocycles. The summed E-state index contributed by atoms with van der Waals surface area (Å²) in [7, 11) is 1.54. The largest absolute Gasteiger partial charge is 0.496 e. The Morgan fingerprint density at radius 2 is 2.04 bits per heavy atom. The van der Waals surface area contributed by atoms with E-state index in [9.17, 15) is 9.50 Å². The highest BCUT2D eigenvalue weighted by Crippen LogP contribution is 2.35. The molecule has 1 aliphatic rings. The first kappa shape index (κ1) is 19.7. The minimum atomic E-state index is -1.28. The van der Waals surface area contributed by atoms with Crippen molar-refractivity contribution in [3.05, 3.63) is 65.5 Å². The standard InChI is InChI=1S/C19H22FNO3.ClH/c1-23-17-8-7-16(20)11-14(17)12-19(22,15-5-3-2-4-6-15)18-13-21-9-10-24-18;/h2-8,11,18,21-22H,9-10,12-13H2,1H3;1H/t18-,19-;/m1./s1. The summed E-state index contributed by atoms with van der Waals surface area (Å²) in [6.45, 7) is 1.81. The van der Waals surface area contributed by atoms with Gasteiger partial charge in [0.25, 0.3) is 0 Å². The lowest BCUT2D eigenvalue weighted by Gasteiger charge is -2.39. The van der Waals surface area contributed by atoms with E-state index in [1.54, 1.807) is 6.07 Å². The fraction of sp³-hybridized carbons (Fsp3) is 0.368. The van der Waals surface area contributed by atoms with Gasteiger partial charge in [-0.15, -0.1) is 12.4 Å². The van der Waals surface area contributed by atoms with Gasteiger partial charge in [-0.1, -0.05) is 30.3 Å². The Morgan fingerprint density at radius 3 is 2.68 bits per heavy atom. The summed E-state index contributed by atoms with van der Waals surface area (Å²) in [5.41, 5.74) is 0.0680. The van der Waals surface area contributed by atoms with Crippen molar-refractivity contribution in [3.8, 4) is 5.75 Å². The number of methoxy groups -OCH3 is 1. The van der Waals surface area contributed by atoms with Crippen molar-refractivity contribution in [3.63, 3.8) is 0 Å². The molecule has 25 heavy (non-hydrogen) atoms. The number of nitrogens with one attached hydrogen (secondary N) is 1. The number of hydrogen-bond acceptors (Lipinski definition) is 4.